The molecule has 1 aliphatic rings. The maximum atomic E-state index is 10.6. The van der Waals surface area contributed by atoms with Crippen LogP contribution < -0.4 is 10.5 Å². The monoisotopic (exact) mass is 293 g/mol. The topological polar surface area (TPSA) is 64.7 Å². The summed E-state index contributed by atoms with van der Waals surface area (Å²) in [4.78, 5) is 0. The van der Waals surface area contributed by atoms with Crippen LogP contribution >= 0.6 is 0 Å². The summed E-state index contributed by atoms with van der Waals surface area (Å²) in [6.45, 7) is 2.41. The summed E-state index contributed by atoms with van der Waals surface area (Å²) in [5.41, 5.74) is 7.87. The molecule has 21 heavy (non-hydrogen) atoms. The van der Waals surface area contributed by atoms with Gasteiger partial charge in [0.15, 0.2) is 0 Å². The van der Waals surface area contributed by atoms with E-state index in [4.69, 9.17) is 15.2 Å². The summed E-state index contributed by atoms with van der Waals surface area (Å²) < 4.78 is 11.0. The van der Waals surface area contributed by atoms with Crippen LogP contribution in [0.2, 0.25) is 0 Å². The molecule has 1 aromatic carbocycles. The molecule has 0 heterocycles. The molecule has 1 saturated carbocycles. The number of hydrogen-bond donors (Lipinski definition) is 2. The fraction of sp³-hybridized carbons (Fsp3) is 0.647. The Labute approximate surface area is 127 Å². The van der Waals surface area contributed by atoms with E-state index in [1.165, 1.54) is 6.42 Å². The summed E-state index contributed by atoms with van der Waals surface area (Å²) in [6, 6.07) is 6.02. The van der Waals surface area contributed by atoms with Crippen molar-refractivity contribution in [3.8, 4) is 5.75 Å². The third kappa shape index (κ3) is 3.39. The van der Waals surface area contributed by atoms with Crippen molar-refractivity contribution < 1.29 is 14.6 Å². The average Bonchev–Trinajstić information content (AvgIpc) is 2.45. The summed E-state index contributed by atoms with van der Waals surface area (Å²) in [6.07, 6.45) is 3.36. The lowest BCUT2D eigenvalue weighted by Gasteiger charge is -2.43. The molecule has 2 rings (SSSR count). The number of benzene rings is 1. The van der Waals surface area contributed by atoms with Gasteiger partial charge in [0.1, 0.15) is 5.75 Å². The first-order chi connectivity index (χ1) is 10.0. The zero-order chi connectivity index (χ0) is 15.5. The molecule has 0 radical (unpaired) electrons. The zero-order valence-corrected chi connectivity index (χ0v) is 13.3. The third-order valence-corrected chi connectivity index (χ3v) is 4.86. The molecule has 2 unspecified atom stereocenters. The first-order valence-electron chi connectivity index (χ1n) is 7.63. The van der Waals surface area contributed by atoms with Crippen LogP contribution in [0.25, 0.3) is 0 Å². The van der Waals surface area contributed by atoms with Gasteiger partial charge in [-0.3, -0.25) is 0 Å². The third-order valence-electron chi connectivity index (χ3n) is 4.86. The van der Waals surface area contributed by atoms with Gasteiger partial charge >= 0.3 is 0 Å². The molecule has 0 bridgehead atoms. The average molecular weight is 293 g/mol. The van der Waals surface area contributed by atoms with Gasteiger partial charge in [0.2, 0.25) is 0 Å². The summed E-state index contributed by atoms with van der Waals surface area (Å²) in [7, 11) is 3.40. The van der Waals surface area contributed by atoms with Gasteiger partial charge in [-0.15, -0.1) is 0 Å². The van der Waals surface area contributed by atoms with E-state index in [1.807, 2.05) is 25.1 Å². The van der Waals surface area contributed by atoms with Gasteiger partial charge in [-0.1, -0.05) is 12.1 Å². The Hall–Kier alpha value is -1.10. The second kappa shape index (κ2) is 6.77. The highest BCUT2D eigenvalue weighted by Crippen LogP contribution is 2.41. The van der Waals surface area contributed by atoms with E-state index in [9.17, 15) is 5.11 Å². The van der Waals surface area contributed by atoms with Crippen molar-refractivity contribution in [2.24, 2.45) is 5.73 Å². The van der Waals surface area contributed by atoms with Gasteiger partial charge in [0, 0.05) is 26.0 Å². The van der Waals surface area contributed by atoms with Gasteiger partial charge in [-0.25, -0.2) is 0 Å². The highest BCUT2D eigenvalue weighted by molar-refractivity contribution is 5.38. The first-order valence-corrected chi connectivity index (χ1v) is 7.63. The zero-order valence-electron chi connectivity index (χ0n) is 13.3. The van der Waals surface area contributed by atoms with Crippen molar-refractivity contribution >= 4 is 0 Å². The Morgan fingerprint density at radius 1 is 1.33 bits per heavy atom. The number of aryl methyl sites for hydroxylation is 1. The molecule has 1 fully saturated rings. The smallest absolute Gasteiger partial charge is 0.122 e. The molecule has 4 nitrogen and oxygen atoms in total. The minimum atomic E-state index is -0.498. The number of nitrogens with two attached hydrogens (primary N) is 1. The quantitative estimate of drug-likeness (QED) is 0.810. The van der Waals surface area contributed by atoms with Crippen LogP contribution in [0.3, 0.4) is 0 Å². The van der Waals surface area contributed by atoms with Crippen LogP contribution in [0, 0.1) is 6.92 Å². The molecule has 0 spiro atoms. The van der Waals surface area contributed by atoms with Crippen molar-refractivity contribution in [1.29, 1.82) is 0 Å². The molecule has 1 aliphatic carbocycles. The minimum absolute atomic E-state index is 0.0906. The molecular weight excluding hydrogens is 266 g/mol. The van der Waals surface area contributed by atoms with E-state index < -0.39 is 6.10 Å². The van der Waals surface area contributed by atoms with Crippen LogP contribution in [0.15, 0.2) is 18.2 Å². The van der Waals surface area contributed by atoms with E-state index in [0.29, 0.717) is 13.0 Å². The molecule has 0 amide bonds. The van der Waals surface area contributed by atoms with Crippen LogP contribution in [-0.2, 0) is 4.74 Å². The Morgan fingerprint density at radius 3 is 2.52 bits per heavy atom. The number of ether oxygens (including phenoxy) is 2. The fourth-order valence-electron chi connectivity index (χ4n) is 3.17. The van der Waals surface area contributed by atoms with Crippen molar-refractivity contribution in [3.63, 3.8) is 0 Å². The van der Waals surface area contributed by atoms with Gasteiger partial charge in [-0.05, 0) is 43.4 Å². The predicted molar refractivity (Wildman–Crippen MR) is 83.7 cm³/mol. The fourth-order valence-corrected chi connectivity index (χ4v) is 3.17. The van der Waals surface area contributed by atoms with Crippen LogP contribution in [0.5, 0.6) is 5.75 Å². The number of rotatable bonds is 7. The highest BCUT2D eigenvalue weighted by atomic mass is 16.5. The van der Waals surface area contributed by atoms with Crippen LogP contribution in [0.1, 0.15) is 42.7 Å². The van der Waals surface area contributed by atoms with Gasteiger partial charge < -0.3 is 20.3 Å². The molecule has 0 saturated heterocycles. The Morgan fingerprint density at radius 2 is 2.05 bits per heavy atom. The lowest BCUT2D eigenvalue weighted by molar-refractivity contribution is -0.102. The molecule has 1 aromatic rings. The first kappa shape index (κ1) is 16.3. The van der Waals surface area contributed by atoms with Crippen LogP contribution in [-0.4, -0.2) is 37.6 Å². The van der Waals surface area contributed by atoms with E-state index in [-0.39, 0.29) is 11.5 Å². The Kier molecular flexibility index (Phi) is 5.25. The molecule has 0 aliphatic heterocycles. The van der Waals surface area contributed by atoms with Crippen molar-refractivity contribution in [2.45, 2.75) is 50.2 Å². The molecule has 2 atom stereocenters. The molecular formula is C17H27NO3. The molecule has 3 N–H and O–H groups in total. The van der Waals surface area contributed by atoms with E-state index in [2.05, 4.69) is 0 Å². The lowest BCUT2D eigenvalue weighted by atomic mass is 9.73. The van der Waals surface area contributed by atoms with E-state index in [0.717, 1.165) is 29.7 Å². The minimum Gasteiger partial charge on any atom is -0.496 e. The van der Waals surface area contributed by atoms with Gasteiger partial charge in [0.05, 0.1) is 18.8 Å². The molecule has 4 heteroatoms. The Bertz CT molecular complexity index is 466. The second-order valence-corrected chi connectivity index (χ2v) is 6.08. The summed E-state index contributed by atoms with van der Waals surface area (Å²) in [5.74, 6) is 0.746. The van der Waals surface area contributed by atoms with Gasteiger partial charge in [0.25, 0.3) is 0 Å². The predicted octanol–water partition coefficient (Wildman–Crippen LogP) is 2.37. The highest BCUT2D eigenvalue weighted by Gasteiger charge is 2.40. The number of aliphatic hydroxyl groups is 1. The summed E-state index contributed by atoms with van der Waals surface area (Å²) in [5, 5.41) is 10.6. The van der Waals surface area contributed by atoms with Crippen LogP contribution in [0.4, 0.5) is 0 Å². The van der Waals surface area contributed by atoms with E-state index >= 15 is 0 Å². The maximum Gasteiger partial charge on any atom is 0.122 e. The number of aliphatic hydroxyl groups excluding tert-OH is 1. The van der Waals surface area contributed by atoms with Crippen molar-refractivity contribution in [1.82, 2.24) is 0 Å². The normalized spacial score (nSPS) is 19.7. The van der Waals surface area contributed by atoms with Gasteiger partial charge in [-0.2, -0.15) is 0 Å². The standard InChI is InChI=1S/C17H27NO3/c1-12-5-6-13(9-16(12)20-2)14(11-18)15(19)10-17(21-3)7-4-8-17/h5-6,9,14-15,19H,4,7-8,10-11,18H2,1-3H3. The van der Waals surface area contributed by atoms with Crippen molar-refractivity contribution in [3.05, 3.63) is 29.3 Å². The number of hydrogen-bond acceptors (Lipinski definition) is 4. The maximum absolute atomic E-state index is 10.6. The Balaban J connectivity index is 2.14. The number of methoxy groups -OCH3 is 2. The SMILES string of the molecule is COc1cc(C(CN)C(O)CC2(OC)CCC2)ccc1C. The van der Waals surface area contributed by atoms with E-state index in [1.54, 1.807) is 14.2 Å². The summed E-state index contributed by atoms with van der Waals surface area (Å²) >= 11 is 0. The second-order valence-electron chi connectivity index (χ2n) is 6.08. The lowest BCUT2D eigenvalue weighted by Crippen LogP contribution is -2.44. The van der Waals surface area contributed by atoms with Crippen molar-refractivity contribution in [2.75, 3.05) is 20.8 Å². The molecule has 118 valence electrons. The molecule has 0 aromatic heterocycles. The largest absolute Gasteiger partial charge is 0.496 e.